The van der Waals surface area contributed by atoms with E-state index >= 15 is 0 Å². The first kappa shape index (κ1) is 10.5. The molecule has 1 aromatic rings. The molecule has 1 heterocycles. The molecule has 1 aliphatic heterocycles. The summed E-state index contributed by atoms with van der Waals surface area (Å²) in [4.78, 5) is 2.19. The second kappa shape index (κ2) is 3.24. The van der Waals surface area contributed by atoms with Crippen molar-refractivity contribution < 1.29 is 5.11 Å². The van der Waals surface area contributed by atoms with Crippen molar-refractivity contribution in [2.45, 2.75) is 38.8 Å². The number of anilines is 1. The highest BCUT2D eigenvalue weighted by Gasteiger charge is 2.36. The average Bonchev–Trinajstić information content (AvgIpc) is 2.42. The summed E-state index contributed by atoms with van der Waals surface area (Å²) in [6.07, 6.45) is 0.941. The van der Waals surface area contributed by atoms with Crippen LogP contribution in [0.2, 0.25) is 0 Å². The highest BCUT2D eigenvalue weighted by Crippen LogP contribution is 2.35. The van der Waals surface area contributed by atoms with E-state index in [2.05, 4.69) is 37.1 Å². The maximum Gasteiger partial charge on any atom is 0.0797 e. The Labute approximate surface area is 91.5 Å². The number of likely N-dealkylation sites (N-methyl/N-ethyl adjacent to an activating group) is 1. The number of aliphatic hydroxyl groups is 1. The van der Waals surface area contributed by atoms with Crippen molar-refractivity contribution in [3.8, 4) is 0 Å². The van der Waals surface area contributed by atoms with E-state index in [0.717, 1.165) is 6.42 Å². The van der Waals surface area contributed by atoms with Crippen LogP contribution >= 0.6 is 0 Å². The molecule has 82 valence electrons. The van der Waals surface area contributed by atoms with E-state index in [-0.39, 0.29) is 6.04 Å². The molecule has 0 saturated carbocycles. The zero-order chi connectivity index (χ0) is 11.2. The van der Waals surface area contributed by atoms with Gasteiger partial charge in [-0.2, -0.15) is 0 Å². The molecule has 1 unspecified atom stereocenters. The van der Waals surface area contributed by atoms with Gasteiger partial charge in [-0.1, -0.05) is 17.7 Å². The predicted octanol–water partition coefficient (Wildman–Crippen LogP) is 2.13. The van der Waals surface area contributed by atoms with Gasteiger partial charge in [0.25, 0.3) is 0 Å². The third-order valence-electron chi connectivity index (χ3n) is 3.31. The lowest BCUT2D eigenvalue weighted by Gasteiger charge is -2.32. The number of hydrogen-bond donors (Lipinski definition) is 1. The Balaban J connectivity index is 2.37. The standard InChI is InChI=1S/C13H19NO/c1-9-5-6-11-10(7-9)8-12(14(11)4)13(2,3)15/h5-7,12,15H,8H2,1-4H3. The minimum Gasteiger partial charge on any atom is -0.388 e. The van der Waals surface area contributed by atoms with Crippen molar-refractivity contribution in [3.63, 3.8) is 0 Å². The first-order valence-corrected chi connectivity index (χ1v) is 5.44. The topological polar surface area (TPSA) is 23.5 Å². The number of fused-ring (bicyclic) bond motifs is 1. The third-order valence-corrected chi connectivity index (χ3v) is 3.31. The van der Waals surface area contributed by atoms with Crippen LogP contribution in [-0.4, -0.2) is 23.8 Å². The van der Waals surface area contributed by atoms with Crippen LogP contribution in [-0.2, 0) is 6.42 Å². The van der Waals surface area contributed by atoms with Crippen molar-refractivity contribution in [2.24, 2.45) is 0 Å². The van der Waals surface area contributed by atoms with E-state index in [1.54, 1.807) is 0 Å². The molecule has 0 aromatic heterocycles. The highest BCUT2D eigenvalue weighted by atomic mass is 16.3. The van der Waals surface area contributed by atoms with E-state index in [1.165, 1.54) is 16.8 Å². The van der Waals surface area contributed by atoms with Crippen LogP contribution in [0.25, 0.3) is 0 Å². The van der Waals surface area contributed by atoms with Gasteiger partial charge in [0, 0.05) is 12.7 Å². The van der Waals surface area contributed by atoms with Crippen molar-refractivity contribution in [3.05, 3.63) is 29.3 Å². The Bertz CT molecular complexity index is 379. The fraction of sp³-hybridized carbons (Fsp3) is 0.538. The van der Waals surface area contributed by atoms with E-state index in [1.807, 2.05) is 13.8 Å². The van der Waals surface area contributed by atoms with Gasteiger partial charge >= 0.3 is 0 Å². The number of nitrogens with zero attached hydrogens (tertiary/aromatic N) is 1. The van der Waals surface area contributed by atoms with Crippen LogP contribution in [0.5, 0.6) is 0 Å². The van der Waals surface area contributed by atoms with Gasteiger partial charge in [-0.3, -0.25) is 0 Å². The largest absolute Gasteiger partial charge is 0.388 e. The SMILES string of the molecule is Cc1ccc2c(c1)CC(C(C)(C)O)N2C. The monoisotopic (exact) mass is 205 g/mol. The molecule has 1 aromatic carbocycles. The minimum absolute atomic E-state index is 0.189. The van der Waals surface area contributed by atoms with Crippen LogP contribution in [0.3, 0.4) is 0 Å². The normalized spacial score (nSPS) is 20.6. The average molecular weight is 205 g/mol. The van der Waals surface area contributed by atoms with Crippen molar-refractivity contribution in [2.75, 3.05) is 11.9 Å². The lowest BCUT2D eigenvalue weighted by molar-refractivity contribution is 0.0533. The van der Waals surface area contributed by atoms with Gasteiger partial charge in [0.2, 0.25) is 0 Å². The second-order valence-electron chi connectivity index (χ2n) is 5.12. The van der Waals surface area contributed by atoms with Crippen LogP contribution in [0.4, 0.5) is 5.69 Å². The molecule has 1 atom stereocenters. The molecule has 0 saturated heterocycles. The number of hydrogen-bond acceptors (Lipinski definition) is 2. The summed E-state index contributed by atoms with van der Waals surface area (Å²) < 4.78 is 0. The Morgan fingerprint density at radius 1 is 1.40 bits per heavy atom. The Morgan fingerprint density at radius 2 is 2.07 bits per heavy atom. The van der Waals surface area contributed by atoms with Crippen molar-refractivity contribution in [1.82, 2.24) is 0 Å². The van der Waals surface area contributed by atoms with Gasteiger partial charge in [0.1, 0.15) is 0 Å². The van der Waals surface area contributed by atoms with Crippen LogP contribution in [0.15, 0.2) is 18.2 Å². The van der Waals surface area contributed by atoms with Gasteiger partial charge in [-0.05, 0) is 38.8 Å². The van der Waals surface area contributed by atoms with Crippen molar-refractivity contribution in [1.29, 1.82) is 0 Å². The van der Waals surface area contributed by atoms with Crippen LogP contribution < -0.4 is 4.90 Å². The van der Waals surface area contributed by atoms with Gasteiger partial charge in [0.15, 0.2) is 0 Å². The van der Waals surface area contributed by atoms with Crippen molar-refractivity contribution >= 4 is 5.69 Å². The maximum absolute atomic E-state index is 10.1. The van der Waals surface area contributed by atoms with Gasteiger partial charge in [-0.25, -0.2) is 0 Å². The summed E-state index contributed by atoms with van der Waals surface area (Å²) in [5.74, 6) is 0. The summed E-state index contributed by atoms with van der Waals surface area (Å²) in [6.45, 7) is 5.87. The lowest BCUT2D eigenvalue weighted by Crippen LogP contribution is -2.46. The van der Waals surface area contributed by atoms with Gasteiger partial charge < -0.3 is 10.0 Å². The molecule has 15 heavy (non-hydrogen) atoms. The molecular weight excluding hydrogens is 186 g/mol. The van der Waals surface area contributed by atoms with Gasteiger partial charge in [0.05, 0.1) is 11.6 Å². The molecule has 0 bridgehead atoms. The van der Waals surface area contributed by atoms with Crippen LogP contribution in [0, 0.1) is 6.92 Å². The number of aryl methyl sites for hydroxylation is 1. The Hall–Kier alpha value is -1.02. The molecule has 0 fully saturated rings. The summed E-state index contributed by atoms with van der Waals surface area (Å²) in [6, 6.07) is 6.69. The summed E-state index contributed by atoms with van der Waals surface area (Å²) in [7, 11) is 2.06. The lowest BCUT2D eigenvalue weighted by atomic mass is 9.95. The summed E-state index contributed by atoms with van der Waals surface area (Å²) >= 11 is 0. The predicted molar refractivity (Wildman–Crippen MR) is 63.4 cm³/mol. The van der Waals surface area contributed by atoms with E-state index in [4.69, 9.17) is 0 Å². The quantitative estimate of drug-likeness (QED) is 0.759. The van der Waals surface area contributed by atoms with E-state index in [0.29, 0.717) is 0 Å². The molecule has 2 heteroatoms. The van der Waals surface area contributed by atoms with Gasteiger partial charge in [-0.15, -0.1) is 0 Å². The first-order valence-electron chi connectivity index (χ1n) is 5.44. The molecule has 1 N–H and O–H groups in total. The number of benzene rings is 1. The zero-order valence-electron chi connectivity index (χ0n) is 9.91. The summed E-state index contributed by atoms with van der Waals surface area (Å²) in [5.41, 5.74) is 3.25. The van der Waals surface area contributed by atoms with E-state index in [9.17, 15) is 5.11 Å². The molecule has 0 radical (unpaired) electrons. The number of rotatable bonds is 1. The first-order chi connectivity index (χ1) is 6.89. The fourth-order valence-electron chi connectivity index (χ4n) is 2.46. The fourth-order valence-corrected chi connectivity index (χ4v) is 2.46. The molecule has 0 spiro atoms. The smallest absolute Gasteiger partial charge is 0.0797 e. The highest BCUT2D eigenvalue weighted by molar-refractivity contribution is 5.60. The molecule has 1 aliphatic rings. The molecule has 0 aliphatic carbocycles. The van der Waals surface area contributed by atoms with Crippen LogP contribution in [0.1, 0.15) is 25.0 Å². The molecule has 0 amide bonds. The second-order valence-corrected chi connectivity index (χ2v) is 5.12. The third kappa shape index (κ3) is 1.74. The Morgan fingerprint density at radius 3 is 2.67 bits per heavy atom. The Kier molecular flexibility index (Phi) is 2.27. The maximum atomic E-state index is 10.1. The minimum atomic E-state index is -0.651. The zero-order valence-corrected chi connectivity index (χ0v) is 9.91. The molecule has 2 nitrogen and oxygen atoms in total. The molecular formula is C13H19NO. The summed E-state index contributed by atoms with van der Waals surface area (Å²) in [5, 5.41) is 10.1. The molecule has 2 rings (SSSR count). The van der Waals surface area contributed by atoms with E-state index < -0.39 is 5.60 Å².